The number of nitrogens with zero attached hydrogens (tertiary/aromatic N) is 1. The highest BCUT2D eigenvalue weighted by Gasteiger charge is 2.37. The molecule has 1 saturated heterocycles. The third-order valence-electron chi connectivity index (χ3n) is 5.85. The molecular formula is C29H22N2O4. The number of imide groups is 2. The summed E-state index contributed by atoms with van der Waals surface area (Å²) in [5, 5.41) is 4.03. The Morgan fingerprint density at radius 1 is 0.829 bits per heavy atom. The van der Waals surface area contributed by atoms with Crippen molar-refractivity contribution in [2.75, 3.05) is 4.90 Å². The molecule has 1 aliphatic heterocycles. The Hall–Kier alpha value is -4.71. The number of carbonyl (C=O) groups excluding carboxylic acids is 3. The third kappa shape index (κ3) is 4.42. The van der Waals surface area contributed by atoms with Crippen LogP contribution in [-0.4, -0.2) is 17.8 Å². The Morgan fingerprint density at radius 3 is 2.31 bits per heavy atom. The highest BCUT2D eigenvalue weighted by Crippen LogP contribution is 2.32. The Balaban J connectivity index is 1.58. The Labute approximate surface area is 202 Å². The van der Waals surface area contributed by atoms with Gasteiger partial charge >= 0.3 is 6.03 Å². The second-order valence-corrected chi connectivity index (χ2v) is 8.27. The molecule has 6 nitrogen and oxygen atoms in total. The number of nitrogens with one attached hydrogen (secondary N) is 1. The molecule has 0 atom stereocenters. The van der Waals surface area contributed by atoms with Crippen molar-refractivity contribution in [3.05, 3.63) is 113 Å². The van der Waals surface area contributed by atoms with Gasteiger partial charge in [-0.2, -0.15) is 0 Å². The van der Waals surface area contributed by atoms with Crippen molar-refractivity contribution < 1.29 is 19.1 Å². The van der Waals surface area contributed by atoms with Crippen LogP contribution in [0.1, 0.15) is 16.7 Å². The number of para-hydroxylation sites is 1. The van der Waals surface area contributed by atoms with E-state index in [1.165, 1.54) is 6.08 Å². The average molecular weight is 463 g/mol. The van der Waals surface area contributed by atoms with Gasteiger partial charge in [0.25, 0.3) is 11.8 Å². The zero-order valence-corrected chi connectivity index (χ0v) is 19.0. The SMILES string of the molecule is Cc1ccc(COc2ccc3ccccc3c2/C=C2\C(=O)NC(=O)N(c3ccccc3)C2=O)cc1. The van der Waals surface area contributed by atoms with E-state index in [1.807, 2.05) is 67.6 Å². The smallest absolute Gasteiger partial charge is 0.335 e. The molecule has 0 bridgehead atoms. The summed E-state index contributed by atoms with van der Waals surface area (Å²) in [6.45, 7) is 2.34. The molecule has 4 aromatic rings. The normalized spacial score (nSPS) is 14.9. The molecule has 0 unspecified atom stereocenters. The lowest BCUT2D eigenvalue weighted by atomic mass is 9.99. The molecule has 1 aliphatic rings. The van der Waals surface area contributed by atoms with Gasteiger partial charge in [-0.1, -0.05) is 78.4 Å². The lowest BCUT2D eigenvalue weighted by Crippen LogP contribution is -2.54. The van der Waals surface area contributed by atoms with Gasteiger partial charge < -0.3 is 4.74 Å². The number of urea groups is 1. The van der Waals surface area contributed by atoms with E-state index in [4.69, 9.17) is 4.74 Å². The first kappa shape index (κ1) is 22.1. The molecule has 0 aliphatic carbocycles. The first-order chi connectivity index (χ1) is 17.0. The van der Waals surface area contributed by atoms with Crippen LogP contribution in [0.2, 0.25) is 0 Å². The van der Waals surface area contributed by atoms with Crippen LogP contribution in [0.15, 0.2) is 96.6 Å². The van der Waals surface area contributed by atoms with Crippen LogP contribution >= 0.6 is 0 Å². The number of aryl methyl sites for hydroxylation is 1. The van der Waals surface area contributed by atoms with E-state index < -0.39 is 17.8 Å². The van der Waals surface area contributed by atoms with Crippen LogP contribution in [-0.2, 0) is 16.2 Å². The van der Waals surface area contributed by atoms with E-state index in [0.717, 1.165) is 26.8 Å². The van der Waals surface area contributed by atoms with Crippen LogP contribution in [0.4, 0.5) is 10.5 Å². The molecule has 1 N–H and O–H groups in total. The zero-order chi connectivity index (χ0) is 24.4. The summed E-state index contributed by atoms with van der Waals surface area (Å²) in [4.78, 5) is 39.6. The van der Waals surface area contributed by atoms with Gasteiger partial charge in [0.05, 0.1) is 5.69 Å². The van der Waals surface area contributed by atoms with Crippen molar-refractivity contribution in [1.82, 2.24) is 5.32 Å². The molecule has 0 saturated carbocycles. The van der Waals surface area contributed by atoms with Crippen LogP contribution < -0.4 is 15.0 Å². The van der Waals surface area contributed by atoms with Crippen LogP contribution in [0.5, 0.6) is 5.75 Å². The molecule has 4 amide bonds. The molecule has 172 valence electrons. The van der Waals surface area contributed by atoms with Crippen LogP contribution in [0, 0.1) is 6.92 Å². The largest absolute Gasteiger partial charge is 0.488 e. The van der Waals surface area contributed by atoms with Crippen molar-refractivity contribution >= 4 is 40.4 Å². The van der Waals surface area contributed by atoms with Crippen molar-refractivity contribution in [1.29, 1.82) is 0 Å². The minimum atomic E-state index is -0.780. The van der Waals surface area contributed by atoms with Gasteiger partial charge in [-0.25, -0.2) is 9.69 Å². The molecule has 0 aromatic heterocycles. The maximum Gasteiger partial charge on any atom is 0.335 e. The predicted octanol–water partition coefficient (Wildman–Crippen LogP) is 5.39. The molecule has 4 aromatic carbocycles. The maximum atomic E-state index is 13.3. The molecule has 5 rings (SSSR count). The average Bonchev–Trinajstić information content (AvgIpc) is 2.87. The van der Waals surface area contributed by atoms with Gasteiger partial charge in [0, 0.05) is 5.56 Å². The number of fused-ring (bicyclic) bond motifs is 1. The zero-order valence-electron chi connectivity index (χ0n) is 19.0. The van der Waals surface area contributed by atoms with E-state index in [1.54, 1.807) is 30.3 Å². The fourth-order valence-electron chi connectivity index (χ4n) is 4.01. The number of rotatable bonds is 5. The van der Waals surface area contributed by atoms with Gasteiger partial charge in [-0.15, -0.1) is 0 Å². The second-order valence-electron chi connectivity index (χ2n) is 8.27. The van der Waals surface area contributed by atoms with Gasteiger partial charge in [0.1, 0.15) is 17.9 Å². The molecule has 0 radical (unpaired) electrons. The Bertz CT molecular complexity index is 1470. The lowest BCUT2D eigenvalue weighted by molar-refractivity contribution is -0.122. The first-order valence-corrected chi connectivity index (χ1v) is 11.2. The summed E-state index contributed by atoms with van der Waals surface area (Å²) < 4.78 is 6.15. The number of carbonyl (C=O) groups is 3. The number of ether oxygens (including phenoxy) is 1. The minimum Gasteiger partial charge on any atom is -0.488 e. The monoisotopic (exact) mass is 462 g/mol. The summed E-state index contributed by atoms with van der Waals surface area (Å²) in [7, 11) is 0. The topological polar surface area (TPSA) is 75.7 Å². The van der Waals surface area contributed by atoms with Crippen LogP contribution in [0.3, 0.4) is 0 Å². The molecule has 1 heterocycles. The number of amides is 4. The van der Waals surface area contributed by atoms with E-state index in [2.05, 4.69) is 5.32 Å². The third-order valence-corrected chi connectivity index (χ3v) is 5.85. The fraction of sp³-hybridized carbons (Fsp3) is 0.0690. The summed E-state index contributed by atoms with van der Waals surface area (Å²) in [5.41, 5.74) is 2.97. The highest BCUT2D eigenvalue weighted by molar-refractivity contribution is 6.39. The number of benzene rings is 4. The lowest BCUT2D eigenvalue weighted by Gasteiger charge is -2.26. The first-order valence-electron chi connectivity index (χ1n) is 11.2. The summed E-state index contributed by atoms with van der Waals surface area (Å²) in [6.07, 6.45) is 1.51. The van der Waals surface area contributed by atoms with Crippen LogP contribution in [0.25, 0.3) is 16.8 Å². The van der Waals surface area contributed by atoms with Gasteiger partial charge in [-0.05, 0) is 47.5 Å². The quantitative estimate of drug-likeness (QED) is 0.319. The molecule has 6 heteroatoms. The summed E-state index contributed by atoms with van der Waals surface area (Å²) in [6, 6.07) is 27.2. The van der Waals surface area contributed by atoms with Crippen molar-refractivity contribution in [3.63, 3.8) is 0 Å². The highest BCUT2D eigenvalue weighted by atomic mass is 16.5. The number of hydrogen-bond donors (Lipinski definition) is 1. The van der Waals surface area contributed by atoms with Gasteiger partial charge in [0.15, 0.2) is 0 Å². The molecule has 1 fully saturated rings. The minimum absolute atomic E-state index is 0.148. The molecular weight excluding hydrogens is 440 g/mol. The predicted molar refractivity (Wildman–Crippen MR) is 135 cm³/mol. The standard InChI is InChI=1S/C29H22N2O4/c1-19-11-13-20(14-12-19)18-35-26-16-15-21-7-5-6-10-23(21)24(26)17-25-27(32)30-29(34)31(28(25)33)22-8-3-2-4-9-22/h2-17H,18H2,1H3,(H,30,32,34)/b25-17+. The van der Waals surface area contributed by atoms with Gasteiger partial charge in [-0.3, -0.25) is 14.9 Å². The van der Waals surface area contributed by atoms with E-state index in [0.29, 0.717) is 23.6 Å². The van der Waals surface area contributed by atoms with E-state index >= 15 is 0 Å². The number of barbiturate groups is 1. The van der Waals surface area contributed by atoms with Crippen molar-refractivity contribution in [2.24, 2.45) is 0 Å². The van der Waals surface area contributed by atoms with E-state index in [-0.39, 0.29) is 5.57 Å². The van der Waals surface area contributed by atoms with Crippen molar-refractivity contribution in [2.45, 2.75) is 13.5 Å². The number of anilines is 1. The Kier molecular flexibility index (Phi) is 5.85. The summed E-state index contributed by atoms with van der Waals surface area (Å²) in [5.74, 6) is -0.910. The number of hydrogen-bond acceptors (Lipinski definition) is 4. The summed E-state index contributed by atoms with van der Waals surface area (Å²) >= 11 is 0. The van der Waals surface area contributed by atoms with E-state index in [9.17, 15) is 14.4 Å². The van der Waals surface area contributed by atoms with Crippen molar-refractivity contribution in [3.8, 4) is 5.75 Å². The fourth-order valence-corrected chi connectivity index (χ4v) is 4.01. The molecule has 35 heavy (non-hydrogen) atoms. The maximum absolute atomic E-state index is 13.3. The second kappa shape index (κ2) is 9.27. The van der Waals surface area contributed by atoms with Gasteiger partial charge in [0.2, 0.25) is 0 Å². The Morgan fingerprint density at radius 2 is 1.54 bits per heavy atom. The molecule has 0 spiro atoms.